The lowest BCUT2D eigenvalue weighted by atomic mass is 10.2. The third-order valence-corrected chi connectivity index (χ3v) is 6.33. The highest BCUT2D eigenvalue weighted by Crippen LogP contribution is 2.30. The Labute approximate surface area is 202 Å². The third-order valence-electron chi connectivity index (χ3n) is 4.40. The van der Waals surface area contributed by atoms with Crippen molar-refractivity contribution < 1.29 is 22.7 Å². The normalized spacial score (nSPS) is 11.0. The van der Waals surface area contributed by atoms with Crippen molar-refractivity contribution in [2.45, 2.75) is 18.7 Å². The first-order valence-corrected chi connectivity index (χ1v) is 12.3. The Balaban J connectivity index is 1.73. The number of sulfonamides is 1. The van der Waals surface area contributed by atoms with Gasteiger partial charge in [-0.05, 0) is 74.5 Å². The largest absolute Gasteiger partial charge is 0.490 e. The molecule has 3 aromatic rings. The number of ether oxygens (including phenoxy) is 2. The van der Waals surface area contributed by atoms with Crippen LogP contribution >= 0.6 is 23.2 Å². The highest BCUT2D eigenvalue weighted by Gasteiger charge is 2.17. The number of carbonyl (C=O) groups excluding carboxylic acids is 1. The van der Waals surface area contributed by atoms with E-state index in [2.05, 4.69) is 10.0 Å². The first-order chi connectivity index (χ1) is 15.7. The van der Waals surface area contributed by atoms with Crippen molar-refractivity contribution in [2.24, 2.45) is 0 Å². The maximum Gasteiger partial charge on any atom is 0.261 e. The summed E-state index contributed by atoms with van der Waals surface area (Å²) in [5.74, 6) is 0.653. The summed E-state index contributed by atoms with van der Waals surface area (Å²) in [6.45, 7) is 4.60. The molecule has 0 aliphatic carbocycles. The first-order valence-electron chi connectivity index (χ1n) is 10.0. The van der Waals surface area contributed by atoms with Crippen LogP contribution in [0.4, 0.5) is 11.4 Å². The molecule has 2 N–H and O–H groups in total. The van der Waals surface area contributed by atoms with Gasteiger partial charge in [0, 0.05) is 16.3 Å². The number of halogens is 2. The molecule has 0 fully saturated rings. The van der Waals surface area contributed by atoms with Crippen LogP contribution in [0.3, 0.4) is 0 Å². The molecule has 0 atom stereocenters. The second-order valence-electron chi connectivity index (χ2n) is 6.74. The van der Waals surface area contributed by atoms with E-state index in [1.54, 1.807) is 18.2 Å². The fourth-order valence-corrected chi connectivity index (χ4v) is 4.48. The number of anilines is 2. The van der Waals surface area contributed by atoms with Gasteiger partial charge in [-0.15, -0.1) is 0 Å². The Hall–Kier alpha value is -2.94. The molecule has 0 spiro atoms. The number of hydrogen-bond acceptors (Lipinski definition) is 5. The number of hydrogen-bond donors (Lipinski definition) is 2. The predicted molar refractivity (Wildman–Crippen MR) is 130 cm³/mol. The number of benzene rings is 3. The number of amides is 1. The lowest BCUT2D eigenvalue weighted by Crippen LogP contribution is -2.14. The summed E-state index contributed by atoms with van der Waals surface area (Å²) < 4.78 is 38.8. The van der Waals surface area contributed by atoms with E-state index < -0.39 is 10.0 Å². The van der Waals surface area contributed by atoms with Crippen LogP contribution in [-0.4, -0.2) is 27.5 Å². The molecule has 0 bridgehead atoms. The molecule has 0 radical (unpaired) electrons. The van der Waals surface area contributed by atoms with E-state index in [9.17, 15) is 13.2 Å². The van der Waals surface area contributed by atoms with Crippen molar-refractivity contribution in [1.82, 2.24) is 0 Å². The van der Waals surface area contributed by atoms with Gasteiger partial charge >= 0.3 is 0 Å². The van der Waals surface area contributed by atoms with E-state index in [1.165, 1.54) is 42.5 Å². The molecule has 0 unspecified atom stereocenters. The van der Waals surface area contributed by atoms with Gasteiger partial charge in [-0.2, -0.15) is 0 Å². The summed E-state index contributed by atoms with van der Waals surface area (Å²) in [6, 6.07) is 15.1. The quantitative estimate of drug-likeness (QED) is 0.378. The van der Waals surface area contributed by atoms with Crippen LogP contribution in [0, 0.1) is 0 Å². The molecule has 0 heterocycles. The van der Waals surface area contributed by atoms with Crippen LogP contribution in [0.15, 0.2) is 65.6 Å². The predicted octanol–water partition coefficient (Wildman–Crippen LogP) is 5.84. The fourth-order valence-electron chi connectivity index (χ4n) is 2.89. The highest BCUT2D eigenvalue weighted by molar-refractivity contribution is 7.92. The van der Waals surface area contributed by atoms with E-state index in [0.29, 0.717) is 41.0 Å². The molecule has 0 aliphatic rings. The average Bonchev–Trinajstić information content (AvgIpc) is 2.77. The Morgan fingerprint density at radius 3 is 2.18 bits per heavy atom. The molecule has 33 heavy (non-hydrogen) atoms. The second-order valence-corrected chi connectivity index (χ2v) is 9.26. The van der Waals surface area contributed by atoms with E-state index in [4.69, 9.17) is 32.7 Å². The molecule has 3 rings (SSSR count). The van der Waals surface area contributed by atoms with Crippen LogP contribution < -0.4 is 19.5 Å². The van der Waals surface area contributed by atoms with Crippen molar-refractivity contribution in [3.8, 4) is 11.5 Å². The molecular weight excluding hydrogens is 487 g/mol. The zero-order valence-corrected chi connectivity index (χ0v) is 20.2. The molecule has 7 nitrogen and oxygen atoms in total. The van der Waals surface area contributed by atoms with E-state index in [-0.39, 0.29) is 21.5 Å². The van der Waals surface area contributed by atoms with Gasteiger partial charge in [-0.1, -0.05) is 23.2 Å². The maximum absolute atomic E-state index is 12.7. The standard InChI is InChI=1S/C23H22Cl2N2O5S/c1-3-31-21-12-5-15(13-22(21)32-4-2)23(28)26-17-7-9-18(10-8-17)33(29,30)27-20-11-6-16(24)14-19(20)25/h5-14,27H,3-4H2,1-2H3,(H,26,28). The van der Waals surface area contributed by atoms with Crippen LogP contribution in [0.25, 0.3) is 0 Å². The zero-order valence-electron chi connectivity index (χ0n) is 17.9. The fraction of sp³-hybridized carbons (Fsp3) is 0.174. The molecule has 1 amide bonds. The van der Waals surface area contributed by atoms with E-state index in [1.807, 2.05) is 13.8 Å². The van der Waals surface area contributed by atoms with E-state index >= 15 is 0 Å². The summed E-state index contributed by atoms with van der Waals surface area (Å²) >= 11 is 11.9. The third kappa shape index (κ3) is 6.31. The lowest BCUT2D eigenvalue weighted by molar-refractivity contribution is 0.102. The Morgan fingerprint density at radius 2 is 1.55 bits per heavy atom. The van der Waals surface area contributed by atoms with Gasteiger partial charge in [-0.3, -0.25) is 9.52 Å². The number of carbonyl (C=O) groups is 1. The minimum atomic E-state index is -3.89. The highest BCUT2D eigenvalue weighted by atomic mass is 35.5. The topological polar surface area (TPSA) is 93.7 Å². The van der Waals surface area contributed by atoms with Gasteiger partial charge in [0.15, 0.2) is 11.5 Å². The smallest absolute Gasteiger partial charge is 0.261 e. The van der Waals surface area contributed by atoms with E-state index in [0.717, 1.165) is 0 Å². The second kappa shape index (κ2) is 10.8. The summed E-state index contributed by atoms with van der Waals surface area (Å²) in [6.07, 6.45) is 0. The van der Waals surface area contributed by atoms with Crippen LogP contribution in [0.5, 0.6) is 11.5 Å². The molecular formula is C23H22Cl2N2O5S. The Morgan fingerprint density at radius 1 is 0.879 bits per heavy atom. The first kappa shape index (κ1) is 24.7. The summed E-state index contributed by atoms with van der Waals surface area (Å²) in [5, 5.41) is 3.31. The average molecular weight is 509 g/mol. The molecule has 0 saturated heterocycles. The summed E-state index contributed by atoms with van der Waals surface area (Å²) in [7, 11) is -3.89. The van der Waals surface area contributed by atoms with Crippen LogP contribution in [0.2, 0.25) is 10.0 Å². The SMILES string of the molecule is CCOc1ccc(C(=O)Nc2ccc(S(=O)(=O)Nc3ccc(Cl)cc3Cl)cc2)cc1OCC. The Bertz CT molecular complexity index is 1250. The minimum absolute atomic E-state index is 0.00575. The minimum Gasteiger partial charge on any atom is -0.490 e. The van der Waals surface area contributed by atoms with Gasteiger partial charge in [0.05, 0.1) is 28.8 Å². The van der Waals surface area contributed by atoms with Gasteiger partial charge in [0.2, 0.25) is 0 Å². The molecule has 0 aromatic heterocycles. The van der Waals surface area contributed by atoms with Crippen molar-refractivity contribution in [1.29, 1.82) is 0 Å². The lowest BCUT2D eigenvalue weighted by Gasteiger charge is -2.13. The monoisotopic (exact) mass is 508 g/mol. The molecule has 0 aliphatic heterocycles. The molecule has 10 heteroatoms. The maximum atomic E-state index is 12.7. The van der Waals surface area contributed by atoms with Gasteiger partial charge in [0.1, 0.15) is 0 Å². The van der Waals surface area contributed by atoms with Gasteiger partial charge in [-0.25, -0.2) is 8.42 Å². The van der Waals surface area contributed by atoms with Crippen molar-refractivity contribution in [2.75, 3.05) is 23.3 Å². The summed E-state index contributed by atoms with van der Waals surface area (Å²) in [5.41, 5.74) is 1.01. The van der Waals surface area contributed by atoms with Crippen LogP contribution in [-0.2, 0) is 10.0 Å². The Kier molecular flexibility index (Phi) is 8.07. The van der Waals surface area contributed by atoms with Crippen molar-refractivity contribution in [3.63, 3.8) is 0 Å². The summed E-state index contributed by atoms with van der Waals surface area (Å²) in [4.78, 5) is 12.7. The molecule has 0 saturated carbocycles. The van der Waals surface area contributed by atoms with Gasteiger partial charge in [0.25, 0.3) is 15.9 Å². The number of nitrogens with one attached hydrogen (secondary N) is 2. The van der Waals surface area contributed by atoms with Crippen molar-refractivity contribution >= 4 is 50.5 Å². The molecule has 3 aromatic carbocycles. The van der Waals surface area contributed by atoms with Crippen molar-refractivity contribution in [3.05, 3.63) is 76.3 Å². The molecule has 174 valence electrons. The zero-order chi connectivity index (χ0) is 24.0. The van der Waals surface area contributed by atoms with Gasteiger partial charge < -0.3 is 14.8 Å². The van der Waals surface area contributed by atoms with Crippen LogP contribution in [0.1, 0.15) is 24.2 Å². The number of rotatable bonds is 9.